The van der Waals surface area contributed by atoms with E-state index in [1.165, 1.54) is 0 Å². The van der Waals surface area contributed by atoms with Crippen LogP contribution in [0.15, 0.2) is 48.5 Å². The molecule has 1 N–H and O–H groups in total. The number of carbonyl (C=O) groups is 2. The van der Waals surface area contributed by atoms with Gasteiger partial charge in [-0.2, -0.15) is 0 Å². The molecule has 2 amide bonds. The van der Waals surface area contributed by atoms with Crippen molar-refractivity contribution in [1.82, 2.24) is 5.32 Å². The Morgan fingerprint density at radius 2 is 1.78 bits per heavy atom. The second kappa shape index (κ2) is 8.58. The van der Waals surface area contributed by atoms with Gasteiger partial charge in [-0.15, -0.1) is 0 Å². The summed E-state index contributed by atoms with van der Waals surface area (Å²) in [6.45, 7) is 3.60. The maximum absolute atomic E-state index is 12.3. The molecule has 1 heterocycles. The molecule has 2 aromatic rings. The van der Waals surface area contributed by atoms with Crippen LogP contribution < -0.4 is 19.7 Å². The van der Waals surface area contributed by atoms with E-state index in [0.29, 0.717) is 37.4 Å². The maximum atomic E-state index is 12.3. The van der Waals surface area contributed by atoms with Crippen LogP contribution in [0.2, 0.25) is 0 Å². The van der Waals surface area contributed by atoms with Gasteiger partial charge in [-0.25, -0.2) is 0 Å². The lowest BCUT2D eigenvalue weighted by atomic mass is 10.1. The van der Waals surface area contributed by atoms with Gasteiger partial charge in [0, 0.05) is 36.7 Å². The molecule has 0 radical (unpaired) electrons. The first kappa shape index (κ1) is 18.8. The summed E-state index contributed by atoms with van der Waals surface area (Å²) in [6.07, 6.45) is 0.427. The molecule has 6 nitrogen and oxygen atoms in total. The lowest BCUT2D eigenvalue weighted by Crippen LogP contribution is -2.31. The number of ether oxygens (including phenoxy) is 2. The molecule has 3 rings (SSSR count). The minimum Gasteiger partial charge on any atom is -0.497 e. The molecule has 1 fully saturated rings. The first-order valence-corrected chi connectivity index (χ1v) is 9.06. The molecule has 1 aliphatic rings. The summed E-state index contributed by atoms with van der Waals surface area (Å²) in [7, 11) is 1.59. The van der Waals surface area contributed by atoms with Crippen molar-refractivity contribution in [3.63, 3.8) is 0 Å². The third-order valence-electron chi connectivity index (χ3n) is 4.57. The summed E-state index contributed by atoms with van der Waals surface area (Å²) in [5, 5.41) is 2.92. The van der Waals surface area contributed by atoms with Crippen LogP contribution in [-0.4, -0.2) is 38.6 Å². The van der Waals surface area contributed by atoms with Crippen LogP contribution in [0.5, 0.6) is 11.5 Å². The molecule has 1 atom stereocenters. The molecule has 6 heteroatoms. The van der Waals surface area contributed by atoms with Crippen molar-refractivity contribution in [3.05, 3.63) is 54.1 Å². The summed E-state index contributed by atoms with van der Waals surface area (Å²) in [5.74, 6) is 1.51. The van der Waals surface area contributed by atoms with Crippen LogP contribution in [0.3, 0.4) is 0 Å². The molecule has 0 spiro atoms. The first-order chi connectivity index (χ1) is 13.1. The Kier molecular flexibility index (Phi) is 5.96. The van der Waals surface area contributed by atoms with Gasteiger partial charge < -0.3 is 19.7 Å². The van der Waals surface area contributed by atoms with E-state index in [0.717, 1.165) is 11.4 Å². The fourth-order valence-corrected chi connectivity index (χ4v) is 3.14. The van der Waals surface area contributed by atoms with Gasteiger partial charge in [-0.3, -0.25) is 9.59 Å². The summed E-state index contributed by atoms with van der Waals surface area (Å²) in [4.78, 5) is 26.4. The average Bonchev–Trinajstić information content (AvgIpc) is 3.07. The number of rotatable bonds is 7. The summed E-state index contributed by atoms with van der Waals surface area (Å²) < 4.78 is 10.5. The molecular weight excluding hydrogens is 344 g/mol. The van der Waals surface area contributed by atoms with Crippen molar-refractivity contribution in [2.45, 2.75) is 13.3 Å². The van der Waals surface area contributed by atoms with E-state index in [2.05, 4.69) is 5.32 Å². The minimum atomic E-state index is -0.149. The molecule has 0 aromatic heterocycles. The monoisotopic (exact) mass is 368 g/mol. The SMILES string of the molecule is CCOc1ccc(N2CC(CNC(=O)c3ccc(OC)cc3)CC2=O)cc1. The predicted octanol–water partition coefficient (Wildman–Crippen LogP) is 2.88. The number of methoxy groups -OCH3 is 1. The van der Waals surface area contributed by atoms with Gasteiger partial charge in [0.25, 0.3) is 5.91 Å². The Morgan fingerprint density at radius 3 is 2.41 bits per heavy atom. The molecular formula is C21H24N2O4. The smallest absolute Gasteiger partial charge is 0.251 e. The number of anilines is 1. The normalized spacial score (nSPS) is 16.3. The van der Waals surface area contributed by atoms with Crippen LogP contribution in [0.1, 0.15) is 23.7 Å². The van der Waals surface area contributed by atoms with E-state index in [4.69, 9.17) is 9.47 Å². The van der Waals surface area contributed by atoms with Crippen LogP contribution in [0.25, 0.3) is 0 Å². The quantitative estimate of drug-likeness (QED) is 0.816. The van der Waals surface area contributed by atoms with Crippen molar-refractivity contribution in [3.8, 4) is 11.5 Å². The minimum absolute atomic E-state index is 0.0721. The van der Waals surface area contributed by atoms with Crippen LogP contribution in [0, 0.1) is 5.92 Å². The highest BCUT2D eigenvalue weighted by atomic mass is 16.5. The number of amides is 2. The highest BCUT2D eigenvalue weighted by Gasteiger charge is 2.30. The van der Waals surface area contributed by atoms with Crippen molar-refractivity contribution < 1.29 is 19.1 Å². The largest absolute Gasteiger partial charge is 0.497 e. The van der Waals surface area contributed by atoms with Crippen LogP contribution >= 0.6 is 0 Å². The van der Waals surface area contributed by atoms with Gasteiger partial charge in [0.05, 0.1) is 13.7 Å². The number of hydrogen-bond donors (Lipinski definition) is 1. The topological polar surface area (TPSA) is 67.9 Å². The number of carbonyl (C=O) groups excluding carboxylic acids is 2. The summed E-state index contributed by atoms with van der Waals surface area (Å²) in [5.41, 5.74) is 1.43. The fraction of sp³-hybridized carbons (Fsp3) is 0.333. The zero-order chi connectivity index (χ0) is 19.2. The molecule has 1 unspecified atom stereocenters. The van der Waals surface area contributed by atoms with Gasteiger partial charge in [0.15, 0.2) is 0 Å². The van der Waals surface area contributed by atoms with E-state index < -0.39 is 0 Å². The zero-order valence-electron chi connectivity index (χ0n) is 15.6. The second-order valence-electron chi connectivity index (χ2n) is 6.44. The maximum Gasteiger partial charge on any atom is 0.251 e. The molecule has 0 saturated carbocycles. The molecule has 27 heavy (non-hydrogen) atoms. The summed E-state index contributed by atoms with van der Waals surface area (Å²) >= 11 is 0. The highest BCUT2D eigenvalue weighted by molar-refractivity contribution is 5.96. The lowest BCUT2D eigenvalue weighted by Gasteiger charge is -2.17. The molecule has 0 bridgehead atoms. The Hall–Kier alpha value is -3.02. The predicted molar refractivity (Wildman–Crippen MR) is 103 cm³/mol. The van der Waals surface area contributed by atoms with Gasteiger partial charge in [-0.05, 0) is 55.5 Å². The second-order valence-corrected chi connectivity index (χ2v) is 6.44. The van der Waals surface area contributed by atoms with Crippen LogP contribution in [-0.2, 0) is 4.79 Å². The van der Waals surface area contributed by atoms with E-state index >= 15 is 0 Å². The number of nitrogens with one attached hydrogen (secondary N) is 1. The average molecular weight is 368 g/mol. The van der Waals surface area contributed by atoms with Gasteiger partial charge in [-0.1, -0.05) is 0 Å². The lowest BCUT2D eigenvalue weighted by molar-refractivity contribution is -0.117. The number of benzene rings is 2. The Bertz CT molecular complexity index is 787. The Morgan fingerprint density at radius 1 is 1.11 bits per heavy atom. The molecule has 1 saturated heterocycles. The van der Waals surface area contributed by atoms with E-state index in [1.54, 1.807) is 36.3 Å². The van der Waals surface area contributed by atoms with Crippen LogP contribution in [0.4, 0.5) is 5.69 Å². The van der Waals surface area contributed by atoms with Gasteiger partial charge in [0.2, 0.25) is 5.91 Å². The van der Waals surface area contributed by atoms with E-state index in [9.17, 15) is 9.59 Å². The first-order valence-electron chi connectivity index (χ1n) is 9.06. The number of hydrogen-bond acceptors (Lipinski definition) is 4. The molecule has 2 aromatic carbocycles. The third kappa shape index (κ3) is 4.58. The summed E-state index contributed by atoms with van der Waals surface area (Å²) in [6, 6.07) is 14.5. The fourth-order valence-electron chi connectivity index (χ4n) is 3.14. The number of nitrogens with zero attached hydrogens (tertiary/aromatic N) is 1. The molecule has 142 valence electrons. The standard InChI is InChI=1S/C21H24N2O4/c1-3-27-19-10-6-17(7-11-19)23-14-15(12-20(23)24)13-22-21(25)16-4-8-18(26-2)9-5-16/h4-11,15H,3,12-14H2,1-2H3,(H,22,25). The molecule has 0 aliphatic carbocycles. The van der Waals surface area contributed by atoms with Gasteiger partial charge in [0.1, 0.15) is 11.5 Å². The van der Waals surface area contributed by atoms with E-state index in [-0.39, 0.29) is 17.7 Å². The van der Waals surface area contributed by atoms with Gasteiger partial charge >= 0.3 is 0 Å². The third-order valence-corrected chi connectivity index (χ3v) is 4.57. The van der Waals surface area contributed by atoms with Crippen molar-refractivity contribution in [2.75, 3.05) is 31.7 Å². The van der Waals surface area contributed by atoms with Crippen molar-refractivity contribution in [2.24, 2.45) is 5.92 Å². The van der Waals surface area contributed by atoms with E-state index in [1.807, 2.05) is 31.2 Å². The Balaban J connectivity index is 1.54. The Labute approximate surface area is 159 Å². The zero-order valence-corrected chi connectivity index (χ0v) is 15.6. The van der Waals surface area contributed by atoms with Crippen molar-refractivity contribution >= 4 is 17.5 Å². The van der Waals surface area contributed by atoms with Crippen molar-refractivity contribution in [1.29, 1.82) is 0 Å². The highest BCUT2D eigenvalue weighted by Crippen LogP contribution is 2.26. The molecule has 1 aliphatic heterocycles.